The van der Waals surface area contributed by atoms with Crippen LogP contribution in [-0.4, -0.2) is 32.3 Å². The number of benzene rings is 2. The van der Waals surface area contributed by atoms with E-state index < -0.39 is 29.3 Å². The molecule has 2 aromatic carbocycles. The average molecular weight is 499 g/mol. The van der Waals surface area contributed by atoms with Crippen LogP contribution in [0.3, 0.4) is 0 Å². The molecule has 1 aliphatic carbocycles. The zero-order valence-corrected chi connectivity index (χ0v) is 18.9. The minimum Gasteiger partial charge on any atom is -0.481 e. The van der Waals surface area contributed by atoms with Gasteiger partial charge in [-0.1, -0.05) is 17.9 Å². The summed E-state index contributed by atoms with van der Waals surface area (Å²) in [7, 11) is 0. The highest BCUT2D eigenvalue weighted by Gasteiger charge is 2.62. The summed E-state index contributed by atoms with van der Waals surface area (Å²) in [5.41, 5.74) is -0.753. The van der Waals surface area contributed by atoms with Gasteiger partial charge in [-0.25, -0.2) is 13.8 Å². The van der Waals surface area contributed by atoms with Gasteiger partial charge in [0, 0.05) is 13.0 Å². The van der Waals surface area contributed by atoms with Crippen molar-refractivity contribution in [3.8, 4) is 17.6 Å². The van der Waals surface area contributed by atoms with Gasteiger partial charge in [-0.2, -0.15) is 13.2 Å². The molecule has 184 valence electrons. The Kier molecular flexibility index (Phi) is 4.87. The maximum atomic E-state index is 15.2. The summed E-state index contributed by atoms with van der Waals surface area (Å²) in [6, 6.07) is 7.40. The van der Waals surface area contributed by atoms with Crippen LogP contribution in [0, 0.1) is 35.8 Å². The van der Waals surface area contributed by atoms with E-state index >= 15 is 4.39 Å². The third-order valence-electron chi connectivity index (χ3n) is 6.63. The van der Waals surface area contributed by atoms with E-state index in [-0.39, 0.29) is 41.0 Å². The van der Waals surface area contributed by atoms with Crippen molar-refractivity contribution in [2.24, 2.45) is 5.41 Å². The molecule has 0 amide bonds. The smallest absolute Gasteiger partial charge is 0.405 e. The molecule has 11 heteroatoms. The van der Waals surface area contributed by atoms with Gasteiger partial charge in [0.05, 0.1) is 27.8 Å². The van der Waals surface area contributed by atoms with Gasteiger partial charge in [-0.05, 0) is 44.0 Å². The molecule has 1 aliphatic heterocycles. The summed E-state index contributed by atoms with van der Waals surface area (Å²) < 4.78 is 77.4. The lowest BCUT2D eigenvalue weighted by molar-refractivity contribution is -0.168. The monoisotopic (exact) mass is 499 g/mol. The number of fused-ring (bicyclic) bond motifs is 4. The Hall–Kier alpha value is -3.94. The molecule has 2 aromatic heterocycles. The summed E-state index contributed by atoms with van der Waals surface area (Å²) in [4.78, 5) is 4.47. The molecule has 1 fully saturated rings. The number of rotatable bonds is 1. The lowest BCUT2D eigenvalue weighted by Crippen LogP contribution is -2.22. The molecule has 0 spiro atoms. The molecule has 0 radical (unpaired) electrons. The third kappa shape index (κ3) is 3.43. The van der Waals surface area contributed by atoms with Gasteiger partial charge in [0.1, 0.15) is 17.3 Å². The predicted molar refractivity (Wildman–Crippen MR) is 120 cm³/mol. The second kappa shape index (κ2) is 7.78. The van der Waals surface area contributed by atoms with Gasteiger partial charge in [0.2, 0.25) is 0 Å². The van der Waals surface area contributed by atoms with Crippen LogP contribution < -0.4 is 10.1 Å². The molecule has 36 heavy (non-hydrogen) atoms. The highest BCUT2D eigenvalue weighted by atomic mass is 19.4. The van der Waals surface area contributed by atoms with Crippen molar-refractivity contribution in [2.75, 3.05) is 11.9 Å². The molecule has 1 saturated carbocycles. The number of ether oxygens (including phenoxy) is 1. The molecule has 4 aromatic rings. The Morgan fingerprint density at radius 2 is 1.94 bits per heavy atom. The Morgan fingerprint density at radius 3 is 2.69 bits per heavy atom. The molecular weight excluding hydrogens is 481 g/mol. The molecule has 1 unspecified atom stereocenters. The lowest BCUT2D eigenvalue weighted by Gasteiger charge is -2.20. The van der Waals surface area contributed by atoms with Gasteiger partial charge in [0.25, 0.3) is 5.78 Å². The van der Waals surface area contributed by atoms with Gasteiger partial charge < -0.3 is 10.1 Å². The van der Waals surface area contributed by atoms with Crippen LogP contribution in [0.2, 0.25) is 0 Å². The Balaban J connectivity index is 1.49. The number of hydrogen-bond acceptors (Lipinski definition) is 5. The summed E-state index contributed by atoms with van der Waals surface area (Å²) >= 11 is 0. The van der Waals surface area contributed by atoms with Crippen molar-refractivity contribution < 1.29 is 26.7 Å². The van der Waals surface area contributed by atoms with Crippen molar-refractivity contribution >= 4 is 22.4 Å². The van der Waals surface area contributed by atoms with E-state index in [1.54, 1.807) is 25.1 Å². The van der Waals surface area contributed by atoms with Crippen molar-refractivity contribution in [1.82, 2.24) is 19.6 Å². The molecule has 6 nitrogen and oxygen atoms in total. The molecule has 6 rings (SSSR count). The number of nitrogens with zero attached hydrogens (tertiary/aromatic N) is 4. The number of aromatic nitrogens is 4. The second-order valence-corrected chi connectivity index (χ2v) is 8.97. The van der Waals surface area contributed by atoms with Crippen LogP contribution in [0.15, 0.2) is 30.3 Å². The molecule has 0 bridgehead atoms. The van der Waals surface area contributed by atoms with Gasteiger partial charge >= 0.3 is 6.18 Å². The largest absolute Gasteiger partial charge is 0.481 e. The van der Waals surface area contributed by atoms with Crippen LogP contribution >= 0.6 is 0 Å². The standard InChI is InChI=1S/C25H18F5N5O/c1-13-33-34-23-32-21(19-17(35(13)23)6-5-15(26)20(19)27)18-8-12-31-16-4-2-3-14(22(16)36-18)7-9-24(10-11-24)25(28,29)30/h2-6,18,31H,8,10-12H2,1H3. The number of halogens is 5. The van der Waals surface area contributed by atoms with E-state index in [0.29, 0.717) is 30.0 Å². The van der Waals surface area contributed by atoms with Crippen molar-refractivity contribution in [2.45, 2.75) is 38.5 Å². The predicted octanol–water partition coefficient (Wildman–Crippen LogP) is 5.49. The van der Waals surface area contributed by atoms with E-state index in [0.717, 1.165) is 6.07 Å². The molecule has 3 heterocycles. The summed E-state index contributed by atoms with van der Waals surface area (Å²) in [5, 5.41) is 11.1. The van der Waals surface area contributed by atoms with E-state index in [4.69, 9.17) is 4.74 Å². The van der Waals surface area contributed by atoms with Gasteiger partial charge in [0.15, 0.2) is 17.4 Å². The minimum atomic E-state index is -4.41. The molecule has 0 saturated heterocycles. The fourth-order valence-electron chi connectivity index (χ4n) is 4.50. The van der Waals surface area contributed by atoms with E-state index in [2.05, 4.69) is 32.3 Å². The quantitative estimate of drug-likeness (QED) is 0.277. The van der Waals surface area contributed by atoms with E-state index in [1.165, 1.54) is 10.5 Å². The fourth-order valence-corrected chi connectivity index (χ4v) is 4.50. The number of nitrogens with one attached hydrogen (secondary N) is 1. The van der Waals surface area contributed by atoms with Crippen LogP contribution in [0.5, 0.6) is 5.75 Å². The van der Waals surface area contributed by atoms with Crippen LogP contribution in [0.4, 0.5) is 27.6 Å². The highest BCUT2D eigenvalue weighted by molar-refractivity contribution is 5.85. The number of para-hydroxylation sites is 1. The van der Waals surface area contributed by atoms with Crippen LogP contribution in [0.25, 0.3) is 16.7 Å². The zero-order chi connectivity index (χ0) is 25.2. The Labute approximate surface area is 201 Å². The summed E-state index contributed by atoms with van der Waals surface area (Å²) in [6.07, 6.45) is -5.05. The number of hydrogen-bond donors (Lipinski definition) is 1. The number of aryl methyl sites for hydroxylation is 1. The fraction of sp³-hybridized carbons (Fsp3) is 0.320. The maximum absolute atomic E-state index is 15.2. The lowest BCUT2D eigenvalue weighted by atomic mass is 10.1. The van der Waals surface area contributed by atoms with Crippen LogP contribution in [-0.2, 0) is 0 Å². The molecular formula is C25H18F5N5O. The first kappa shape index (κ1) is 22.5. The maximum Gasteiger partial charge on any atom is 0.405 e. The van der Waals surface area contributed by atoms with Gasteiger partial charge in [-0.3, -0.25) is 4.40 Å². The number of alkyl halides is 3. The first-order valence-corrected chi connectivity index (χ1v) is 11.3. The molecule has 1 atom stereocenters. The first-order chi connectivity index (χ1) is 17.2. The highest BCUT2D eigenvalue weighted by Crippen LogP contribution is 2.57. The van der Waals surface area contributed by atoms with Gasteiger partial charge in [-0.15, -0.1) is 10.2 Å². The SMILES string of the molecule is Cc1nnc2nc(C3CCNc4cccc(C#CC5(C(F)(F)F)CC5)c4O3)c3c(F)c(F)ccc3n12. The Bertz CT molecular complexity index is 1600. The van der Waals surface area contributed by atoms with E-state index in [1.807, 2.05) is 0 Å². The van der Waals surface area contributed by atoms with Crippen molar-refractivity contribution in [3.05, 3.63) is 59.0 Å². The van der Waals surface area contributed by atoms with Crippen molar-refractivity contribution in [1.29, 1.82) is 0 Å². The molecule has 2 aliphatic rings. The zero-order valence-electron chi connectivity index (χ0n) is 18.9. The summed E-state index contributed by atoms with van der Waals surface area (Å²) in [6.45, 7) is 2.06. The topological polar surface area (TPSA) is 64.3 Å². The Morgan fingerprint density at radius 1 is 1.14 bits per heavy atom. The molecule has 1 N–H and O–H groups in total. The van der Waals surface area contributed by atoms with E-state index in [9.17, 15) is 17.6 Å². The number of anilines is 1. The van der Waals surface area contributed by atoms with Crippen LogP contribution in [0.1, 0.15) is 42.4 Å². The summed E-state index contributed by atoms with van der Waals surface area (Å²) in [5.74, 6) is 3.79. The second-order valence-electron chi connectivity index (χ2n) is 8.97. The first-order valence-electron chi connectivity index (χ1n) is 11.3. The minimum absolute atomic E-state index is 0.0429. The third-order valence-corrected chi connectivity index (χ3v) is 6.63. The average Bonchev–Trinajstić information content (AvgIpc) is 3.60. The van der Waals surface area contributed by atoms with Crippen molar-refractivity contribution in [3.63, 3.8) is 0 Å². The normalized spacial score (nSPS) is 18.6.